The highest BCUT2D eigenvalue weighted by Gasteiger charge is 2.08. The minimum Gasteiger partial charge on any atom is -0.462 e. The lowest BCUT2D eigenvalue weighted by molar-refractivity contribution is -0.119. The Bertz CT molecular complexity index is 1290. The highest BCUT2D eigenvalue weighted by Crippen LogP contribution is 2.22. The number of hydrazone groups is 1. The number of amides is 1. The lowest BCUT2D eigenvalue weighted by atomic mass is 10.1. The smallest absolute Gasteiger partial charge is 0.338 e. The lowest BCUT2D eigenvalue weighted by Crippen LogP contribution is -2.25. The molecule has 0 aliphatic heterocycles. The molecule has 33 heavy (non-hydrogen) atoms. The summed E-state index contributed by atoms with van der Waals surface area (Å²) in [7, 11) is 0. The van der Waals surface area contributed by atoms with Crippen LogP contribution in [0.15, 0.2) is 88.4 Å². The van der Waals surface area contributed by atoms with Crippen molar-refractivity contribution in [3.05, 3.63) is 90.2 Å². The Morgan fingerprint density at radius 1 is 0.970 bits per heavy atom. The van der Waals surface area contributed by atoms with E-state index < -0.39 is 0 Å². The monoisotopic (exact) mass is 441 g/mol. The molecule has 0 saturated heterocycles. The molecule has 166 valence electrons. The predicted molar refractivity (Wildman–Crippen MR) is 128 cm³/mol. The van der Waals surface area contributed by atoms with Gasteiger partial charge in [0.1, 0.15) is 11.5 Å². The van der Waals surface area contributed by atoms with Gasteiger partial charge in [-0.05, 0) is 54.1 Å². The van der Waals surface area contributed by atoms with Crippen LogP contribution in [0.4, 0.5) is 5.69 Å². The number of nitrogens with zero attached hydrogens (tertiary/aromatic N) is 1. The van der Waals surface area contributed by atoms with E-state index in [1.807, 2.05) is 42.5 Å². The van der Waals surface area contributed by atoms with E-state index in [0.29, 0.717) is 23.7 Å². The molecule has 0 aliphatic carbocycles. The number of ether oxygens (including phenoxy) is 1. The van der Waals surface area contributed by atoms with E-state index in [1.54, 1.807) is 43.3 Å². The Labute approximate surface area is 191 Å². The van der Waals surface area contributed by atoms with Gasteiger partial charge in [-0.2, -0.15) is 5.10 Å². The molecular weight excluding hydrogens is 418 g/mol. The van der Waals surface area contributed by atoms with E-state index in [1.165, 1.54) is 6.21 Å². The van der Waals surface area contributed by atoms with Crippen LogP contribution >= 0.6 is 0 Å². The molecule has 0 fully saturated rings. The molecule has 4 aromatic rings. The molecule has 0 bridgehead atoms. The van der Waals surface area contributed by atoms with Crippen molar-refractivity contribution in [1.82, 2.24) is 5.43 Å². The number of nitrogens with one attached hydrogen (secondary N) is 2. The lowest BCUT2D eigenvalue weighted by Gasteiger charge is -2.06. The number of anilines is 1. The van der Waals surface area contributed by atoms with E-state index in [0.717, 1.165) is 22.0 Å². The van der Waals surface area contributed by atoms with Crippen molar-refractivity contribution in [3.8, 4) is 11.3 Å². The molecule has 0 unspecified atom stereocenters. The molecule has 0 saturated carbocycles. The minimum atomic E-state index is -0.359. The van der Waals surface area contributed by atoms with Crippen LogP contribution in [0, 0.1) is 0 Å². The van der Waals surface area contributed by atoms with E-state index in [-0.39, 0.29) is 18.4 Å². The Morgan fingerprint density at radius 2 is 1.76 bits per heavy atom. The summed E-state index contributed by atoms with van der Waals surface area (Å²) in [5.41, 5.74) is 4.63. The van der Waals surface area contributed by atoms with Crippen LogP contribution < -0.4 is 10.7 Å². The molecule has 0 spiro atoms. The molecule has 3 aromatic carbocycles. The summed E-state index contributed by atoms with van der Waals surface area (Å²) >= 11 is 0. The van der Waals surface area contributed by atoms with Crippen LogP contribution in [0.5, 0.6) is 0 Å². The van der Waals surface area contributed by atoms with Crippen LogP contribution in [0.3, 0.4) is 0 Å². The fourth-order valence-electron chi connectivity index (χ4n) is 3.25. The second-order valence-corrected chi connectivity index (χ2v) is 7.21. The van der Waals surface area contributed by atoms with Gasteiger partial charge in [0.15, 0.2) is 0 Å². The zero-order chi connectivity index (χ0) is 23.0. The largest absolute Gasteiger partial charge is 0.462 e. The third-order valence-electron chi connectivity index (χ3n) is 4.89. The summed E-state index contributed by atoms with van der Waals surface area (Å²) < 4.78 is 10.7. The van der Waals surface area contributed by atoms with Crippen molar-refractivity contribution in [3.63, 3.8) is 0 Å². The summed E-state index contributed by atoms with van der Waals surface area (Å²) in [6.07, 6.45) is 1.43. The molecule has 0 aliphatic rings. The summed E-state index contributed by atoms with van der Waals surface area (Å²) in [5, 5.41) is 9.28. The van der Waals surface area contributed by atoms with Crippen LogP contribution in [0.2, 0.25) is 0 Å². The first kappa shape index (κ1) is 21.8. The van der Waals surface area contributed by atoms with Crippen molar-refractivity contribution in [2.24, 2.45) is 5.10 Å². The number of carbonyl (C=O) groups is 2. The van der Waals surface area contributed by atoms with Gasteiger partial charge in [0.05, 0.1) is 24.9 Å². The zero-order valence-corrected chi connectivity index (χ0v) is 18.1. The highest BCUT2D eigenvalue weighted by molar-refractivity contribution is 5.90. The van der Waals surface area contributed by atoms with E-state index in [2.05, 4.69) is 15.8 Å². The van der Waals surface area contributed by atoms with Crippen LogP contribution in [-0.4, -0.2) is 31.2 Å². The zero-order valence-electron chi connectivity index (χ0n) is 18.1. The van der Waals surface area contributed by atoms with Gasteiger partial charge in [0, 0.05) is 11.3 Å². The van der Waals surface area contributed by atoms with Gasteiger partial charge in [-0.15, -0.1) is 0 Å². The molecule has 7 heteroatoms. The normalized spacial score (nSPS) is 10.9. The standard InChI is InChI=1S/C26H23N3O4/c1-2-32-26(31)20-9-7-19(8-10-20)24-14-13-23(33-24)16-28-29-25(30)17-27-22-12-11-18-5-3-4-6-21(18)15-22/h3-16,27H,2,17H2,1H3,(H,29,30). The summed E-state index contributed by atoms with van der Waals surface area (Å²) in [4.78, 5) is 23.8. The minimum absolute atomic E-state index is 0.0892. The molecule has 1 aromatic heterocycles. The summed E-state index contributed by atoms with van der Waals surface area (Å²) in [6, 6.07) is 24.5. The first-order chi connectivity index (χ1) is 16.1. The maximum atomic E-state index is 12.1. The molecule has 1 heterocycles. The molecule has 4 rings (SSSR count). The van der Waals surface area contributed by atoms with Gasteiger partial charge in [-0.3, -0.25) is 4.79 Å². The fourth-order valence-corrected chi connectivity index (χ4v) is 3.25. The molecule has 1 amide bonds. The van der Waals surface area contributed by atoms with Crippen molar-refractivity contribution in [2.45, 2.75) is 6.92 Å². The van der Waals surface area contributed by atoms with Gasteiger partial charge in [0.25, 0.3) is 5.91 Å². The fraction of sp³-hybridized carbons (Fsp3) is 0.115. The number of hydrogen-bond acceptors (Lipinski definition) is 6. The SMILES string of the molecule is CCOC(=O)c1ccc(-c2ccc(C=NNC(=O)CNc3ccc4ccccc4c3)o2)cc1. The second-order valence-electron chi connectivity index (χ2n) is 7.21. The highest BCUT2D eigenvalue weighted by atomic mass is 16.5. The van der Waals surface area contributed by atoms with E-state index in [4.69, 9.17) is 9.15 Å². The van der Waals surface area contributed by atoms with E-state index in [9.17, 15) is 9.59 Å². The predicted octanol–water partition coefficient (Wildman–Crippen LogP) is 4.84. The number of esters is 1. The first-order valence-electron chi connectivity index (χ1n) is 10.5. The molecule has 2 N–H and O–H groups in total. The van der Waals surface area contributed by atoms with Gasteiger partial charge in [0.2, 0.25) is 0 Å². The summed E-state index contributed by atoms with van der Waals surface area (Å²) in [6.45, 7) is 2.19. The molecule has 0 atom stereocenters. The topological polar surface area (TPSA) is 92.9 Å². The molecular formula is C26H23N3O4. The van der Waals surface area contributed by atoms with Crippen molar-refractivity contribution >= 4 is 34.6 Å². The van der Waals surface area contributed by atoms with Crippen LogP contribution in [0.1, 0.15) is 23.0 Å². The number of rotatable bonds is 8. The Balaban J connectivity index is 1.28. The Kier molecular flexibility index (Phi) is 6.80. The number of furan rings is 1. The van der Waals surface area contributed by atoms with Crippen LogP contribution in [0.25, 0.3) is 22.1 Å². The van der Waals surface area contributed by atoms with Gasteiger partial charge >= 0.3 is 5.97 Å². The number of hydrogen-bond donors (Lipinski definition) is 2. The Hall–Kier alpha value is -4.39. The van der Waals surface area contributed by atoms with Crippen molar-refractivity contribution < 1.29 is 18.7 Å². The van der Waals surface area contributed by atoms with Gasteiger partial charge in [-0.1, -0.05) is 42.5 Å². The van der Waals surface area contributed by atoms with Gasteiger partial charge < -0.3 is 14.5 Å². The second kappa shape index (κ2) is 10.3. The summed E-state index contributed by atoms with van der Waals surface area (Å²) in [5.74, 6) is 0.473. The number of fused-ring (bicyclic) bond motifs is 1. The maximum Gasteiger partial charge on any atom is 0.338 e. The Morgan fingerprint density at radius 3 is 2.55 bits per heavy atom. The number of benzene rings is 3. The number of carbonyl (C=O) groups excluding carboxylic acids is 2. The van der Waals surface area contributed by atoms with Crippen LogP contribution in [-0.2, 0) is 9.53 Å². The first-order valence-corrected chi connectivity index (χ1v) is 10.5. The third-order valence-corrected chi connectivity index (χ3v) is 4.89. The van der Waals surface area contributed by atoms with Crippen molar-refractivity contribution in [2.75, 3.05) is 18.5 Å². The molecule has 0 radical (unpaired) electrons. The van der Waals surface area contributed by atoms with Crippen molar-refractivity contribution in [1.29, 1.82) is 0 Å². The average Bonchev–Trinajstić information content (AvgIpc) is 3.32. The quantitative estimate of drug-likeness (QED) is 0.232. The van der Waals surface area contributed by atoms with Gasteiger partial charge in [-0.25, -0.2) is 10.2 Å². The third kappa shape index (κ3) is 5.65. The van der Waals surface area contributed by atoms with E-state index >= 15 is 0 Å². The molecule has 7 nitrogen and oxygen atoms in total. The average molecular weight is 441 g/mol. The maximum absolute atomic E-state index is 12.1.